The fourth-order valence-electron chi connectivity index (χ4n) is 3.54. The third kappa shape index (κ3) is 3.60. The Bertz CT molecular complexity index is 871. The molecule has 0 aliphatic carbocycles. The second-order valence-corrected chi connectivity index (χ2v) is 6.60. The number of anilines is 1. The molecule has 0 spiro atoms. The SMILES string of the molecule is COc1nccnc1NC1CCN(Cc2cccc3cccnc23)CC1. The molecule has 2 aromatic heterocycles. The van der Waals surface area contributed by atoms with Crippen LogP contribution in [0.4, 0.5) is 5.82 Å². The normalized spacial score (nSPS) is 15.9. The summed E-state index contributed by atoms with van der Waals surface area (Å²) in [7, 11) is 1.62. The van der Waals surface area contributed by atoms with Gasteiger partial charge in [-0.1, -0.05) is 24.3 Å². The zero-order chi connectivity index (χ0) is 17.8. The van der Waals surface area contributed by atoms with Gasteiger partial charge in [0.05, 0.1) is 12.6 Å². The van der Waals surface area contributed by atoms with Crippen LogP contribution in [0.3, 0.4) is 0 Å². The highest BCUT2D eigenvalue weighted by atomic mass is 16.5. The number of aromatic nitrogens is 3. The van der Waals surface area contributed by atoms with Crippen molar-refractivity contribution in [2.75, 3.05) is 25.5 Å². The van der Waals surface area contributed by atoms with E-state index in [0.29, 0.717) is 11.9 Å². The van der Waals surface area contributed by atoms with E-state index < -0.39 is 0 Å². The van der Waals surface area contributed by atoms with Crippen molar-refractivity contribution < 1.29 is 4.74 Å². The maximum absolute atomic E-state index is 5.27. The molecule has 0 amide bonds. The second kappa shape index (κ2) is 7.66. The number of rotatable bonds is 5. The molecule has 1 aliphatic rings. The third-order valence-corrected chi connectivity index (χ3v) is 4.90. The monoisotopic (exact) mass is 349 g/mol. The molecule has 0 atom stereocenters. The Balaban J connectivity index is 1.38. The van der Waals surface area contributed by atoms with Gasteiger partial charge in [-0.15, -0.1) is 0 Å². The van der Waals surface area contributed by atoms with Gasteiger partial charge in [0.25, 0.3) is 5.88 Å². The highest BCUT2D eigenvalue weighted by Crippen LogP contribution is 2.23. The highest BCUT2D eigenvalue weighted by Gasteiger charge is 2.21. The van der Waals surface area contributed by atoms with Crippen molar-refractivity contribution in [3.63, 3.8) is 0 Å². The summed E-state index contributed by atoms with van der Waals surface area (Å²) in [4.78, 5) is 15.6. The van der Waals surface area contributed by atoms with Gasteiger partial charge in [0.15, 0.2) is 5.82 Å². The van der Waals surface area contributed by atoms with Gasteiger partial charge in [0.1, 0.15) is 0 Å². The predicted molar refractivity (Wildman–Crippen MR) is 102 cm³/mol. The molecule has 1 fully saturated rings. The number of ether oxygens (including phenoxy) is 1. The van der Waals surface area contributed by atoms with Gasteiger partial charge in [0, 0.05) is 49.7 Å². The minimum atomic E-state index is 0.391. The molecule has 6 heteroatoms. The summed E-state index contributed by atoms with van der Waals surface area (Å²) < 4.78 is 5.27. The lowest BCUT2D eigenvalue weighted by Gasteiger charge is -2.32. The summed E-state index contributed by atoms with van der Waals surface area (Å²) in [6, 6.07) is 10.9. The van der Waals surface area contributed by atoms with E-state index in [1.54, 1.807) is 19.5 Å². The minimum absolute atomic E-state index is 0.391. The summed E-state index contributed by atoms with van der Waals surface area (Å²) in [5.41, 5.74) is 2.41. The number of methoxy groups -OCH3 is 1. The van der Waals surface area contributed by atoms with Gasteiger partial charge in [-0.25, -0.2) is 9.97 Å². The molecule has 0 radical (unpaired) electrons. The maximum atomic E-state index is 5.27. The first-order chi connectivity index (χ1) is 12.8. The number of hydrogen-bond acceptors (Lipinski definition) is 6. The molecule has 3 aromatic rings. The predicted octanol–water partition coefficient (Wildman–Crippen LogP) is 3.11. The fraction of sp³-hybridized carbons (Fsp3) is 0.350. The summed E-state index contributed by atoms with van der Waals surface area (Å²) in [5.74, 6) is 1.28. The molecular weight excluding hydrogens is 326 g/mol. The van der Waals surface area contributed by atoms with Crippen LogP contribution in [0.1, 0.15) is 18.4 Å². The molecule has 4 rings (SSSR count). The number of nitrogens with one attached hydrogen (secondary N) is 1. The number of hydrogen-bond donors (Lipinski definition) is 1. The lowest BCUT2D eigenvalue weighted by molar-refractivity contribution is 0.211. The molecular formula is C20H23N5O. The van der Waals surface area contributed by atoms with Crippen molar-refractivity contribution >= 4 is 16.7 Å². The summed E-state index contributed by atoms with van der Waals surface area (Å²) in [6.07, 6.45) is 7.34. The Hall–Kier alpha value is -2.73. The first-order valence-electron chi connectivity index (χ1n) is 9.00. The zero-order valence-electron chi connectivity index (χ0n) is 14.9. The Morgan fingerprint density at radius 3 is 2.69 bits per heavy atom. The highest BCUT2D eigenvalue weighted by molar-refractivity contribution is 5.81. The Labute approximate surface area is 153 Å². The van der Waals surface area contributed by atoms with Gasteiger partial charge in [-0.3, -0.25) is 9.88 Å². The van der Waals surface area contributed by atoms with Crippen molar-refractivity contribution in [2.24, 2.45) is 0 Å². The van der Waals surface area contributed by atoms with Crippen molar-refractivity contribution in [3.8, 4) is 5.88 Å². The molecule has 1 saturated heterocycles. The van der Waals surface area contributed by atoms with Gasteiger partial charge >= 0.3 is 0 Å². The molecule has 6 nitrogen and oxygen atoms in total. The summed E-state index contributed by atoms with van der Waals surface area (Å²) >= 11 is 0. The first kappa shape index (κ1) is 16.7. The molecule has 1 aliphatic heterocycles. The zero-order valence-corrected chi connectivity index (χ0v) is 14.9. The van der Waals surface area contributed by atoms with Gasteiger partial charge in [0.2, 0.25) is 0 Å². The number of likely N-dealkylation sites (tertiary alicyclic amines) is 1. The van der Waals surface area contributed by atoms with E-state index in [0.717, 1.165) is 43.8 Å². The molecule has 0 bridgehead atoms. The van der Waals surface area contributed by atoms with E-state index in [1.807, 2.05) is 12.3 Å². The van der Waals surface area contributed by atoms with Crippen LogP contribution >= 0.6 is 0 Å². The molecule has 0 saturated carbocycles. The van der Waals surface area contributed by atoms with E-state index in [9.17, 15) is 0 Å². The van der Waals surface area contributed by atoms with Crippen LogP contribution in [-0.2, 0) is 6.54 Å². The van der Waals surface area contributed by atoms with E-state index in [1.165, 1.54) is 10.9 Å². The smallest absolute Gasteiger partial charge is 0.257 e. The van der Waals surface area contributed by atoms with Crippen molar-refractivity contribution in [1.29, 1.82) is 0 Å². The van der Waals surface area contributed by atoms with Gasteiger partial charge in [-0.2, -0.15) is 0 Å². The number of fused-ring (bicyclic) bond motifs is 1. The number of piperidine rings is 1. The van der Waals surface area contributed by atoms with Crippen LogP contribution in [0.25, 0.3) is 10.9 Å². The second-order valence-electron chi connectivity index (χ2n) is 6.60. The number of para-hydroxylation sites is 1. The number of benzene rings is 1. The van der Waals surface area contributed by atoms with Crippen molar-refractivity contribution in [1.82, 2.24) is 19.9 Å². The third-order valence-electron chi connectivity index (χ3n) is 4.90. The topological polar surface area (TPSA) is 63.2 Å². The van der Waals surface area contributed by atoms with Crippen LogP contribution in [-0.4, -0.2) is 46.1 Å². The lowest BCUT2D eigenvalue weighted by Crippen LogP contribution is -2.38. The van der Waals surface area contributed by atoms with Gasteiger partial charge < -0.3 is 10.1 Å². The van der Waals surface area contributed by atoms with Crippen molar-refractivity contribution in [3.05, 3.63) is 54.5 Å². The van der Waals surface area contributed by atoms with Gasteiger partial charge in [-0.05, 0) is 24.5 Å². The number of pyridine rings is 1. The molecule has 134 valence electrons. The molecule has 26 heavy (non-hydrogen) atoms. The quantitative estimate of drug-likeness (QED) is 0.764. The Kier molecular flexibility index (Phi) is 4.93. The minimum Gasteiger partial charge on any atom is -0.478 e. The van der Waals surface area contributed by atoms with Crippen LogP contribution in [0, 0.1) is 0 Å². The molecule has 1 aromatic carbocycles. The average Bonchev–Trinajstić information content (AvgIpc) is 2.70. The van der Waals surface area contributed by atoms with Crippen LogP contribution in [0.2, 0.25) is 0 Å². The first-order valence-corrected chi connectivity index (χ1v) is 9.00. The van der Waals surface area contributed by atoms with Crippen molar-refractivity contribution in [2.45, 2.75) is 25.4 Å². The lowest BCUT2D eigenvalue weighted by atomic mass is 10.0. The Morgan fingerprint density at radius 1 is 1.04 bits per heavy atom. The summed E-state index contributed by atoms with van der Waals surface area (Å²) in [5, 5.41) is 4.68. The summed E-state index contributed by atoms with van der Waals surface area (Å²) in [6.45, 7) is 3.03. The fourth-order valence-corrected chi connectivity index (χ4v) is 3.54. The Morgan fingerprint density at radius 2 is 1.85 bits per heavy atom. The molecule has 1 N–H and O–H groups in total. The average molecular weight is 349 g/mol. The van der Waals surface area contributed by atoms with E-state index in [4.69, 9.17) is 4.74 Å². The maximum Gasteiger partial charge on any atom is 0.257 e. The van der Waals surface area contributed by atoms with Crippen LogP contribution < -0.4 is 10.1 Å². The van der Waals surface area contributed by atoms with Crippen LogP contribution in [0.15, 0.2) is 48.9 Å². The largest absolute Gasteiger partial charge is 0.478 e. The molecule has 3 heterocycles. The number of nitrogens with zero attached hydrogens (tertiary/aromatic N) is 4. The van der Waals surface area contributed by atoms with Crippen LogP contribution in [0.5, 0.6) is 5.88 Å². The van der Waals surface area contributed by atoms with E-state index >= 15 is 0 Å². The van der Waals surface area contributed by atoms with E-state index in [2.05, 4.69) is 49.4 Å². The molecule has 0 unspecified atom stereocenters. The van der Waals surface area contributed by atoms with E-state index in [-0.39, 0.29) is 0 Å². The standard InChI is InChI=1S/C20H23N5O/c1-26-20-19(22-10-11-23-20)24-17-7-12-25(13-8-17)14-16-5-2-4-15-6-3-9-21-18(15)16/h2-6,9-11,17H,7-8,12-14H2,1H3,(H,22,24).